The first kappa shape index (κ1) is 21.6. The number of anilines is 1. The van der Waals surface area contributed by atoms with Gasteiger partial charge in [0.25, 0.3) is 0 Å². The van der Waals surface area contributed by atoms with Gasteiger partial charge in [0.15, 0.2) is 5.75 Å². The lowest BCUT2D eigenvalue weighted by atomic mass is 10.1. The highest BCUT2D eigenvalue weighted by molar-refractivity contribution is 5.92. The maximum atomic E-state index is 13.1. The van der Waals surface area contributed by atoms with Gasteiger partial charge >= 0.3 is 11.9 Å². The molecule has 162 valence electrons. The fraction of sp³-hybridized carbons (Fsp3) is 0.158. The number of hydrogen-bond donors (Lipinski definition) is 1. The Kier molecular flexibility index (Phi) is 6.09. The van der Waals surface area contributed by atoms with Crippen LogP contribution in [-0.4, -0.2) is 27.7 Å². The molecule has 0 radical (unpaired) electrons. The SMILES string of the molecule is COc1cccc(Oc2ccc(C(F)(F)F)cc2NC(=O)Cn2cc([N+](=O)[O-])cn2)c1. The second kappa shape index (κ2) is 8.73. The van der Waals surface area contributed by atoms with Gasteiger partial charge in [0.2, 0.25) is 5.91 Å². The summed E-state index contributed by atoms with van der Waals surface area (Å²) in [5, 5.41) is 16.7. The highest BCUT2D eigenvalue weighted by atomic mass is 19.4. The summed E-state index contributed by atoms with van der Waals surface area (Å²) in [6, 6.07) is 9.01. The maximum absolute atomic E-state index is 13.1. The topological polar surface area (TPSA) is 109 Å². The van der Waals surface area contributed by atoms with Gasteiger partial charge in [-0.2, -0.15) is 18.3 Å². The number of aromatic nitrogens is 2. The van der Waals surface area contributed by atoms with Crippen molar-refractivity contribution < 1.29 is 32.4 Å². The summed E-state index contributed by atoms with van der Waals surface area (Å²) >= 11 is 0. The van der Waals surface area contributed by atoms with Crippen LogP contribution in [0.15, 0.2) is 54.9 Å². The number of nitrogens with zero attached hydrogens (tertiary/aromatic N) is 3. The van der Waals surface area contributed by atoms with E-state index >= 15 is 0 Å². The molecule has 12 heteroatoms. The van der Waals surface area contributed by atoms with Crippen LogP contribution >= 0.6 is 0 Å². The third kappa shape index (κ3) is 5.50. The van der Waals surface area contributed by atoms with Crippen LogP contribution in [0.3, 0.4) is 0 Å². The van der Waals surface area contributed by atoms with Crippen LogP contribution in [0, 0.1) is 10.1 Å². The molecule has 1 N–H and O–H groups in total. The summed E-state index contributed by atoms with van der Waals surface area (Å²) in [6.45, 7) is -0.456. The Morgan fingerprint density at radius 2 is 1.97 bits per heavy atom. The van der Waals surface area contributed by atoms with Gasteiger partial charge in [-0.1, -0.05) is 6.07 Å². The number of halogens is 3. The van der Waals surface area contributed by atoms with E-state index in [2.05, 4.69) is 10.4 Å². The molecule has 1 amide bonds. The number of nitrogens with one attached hydrogen (secondary N) is 1. The van der Waals surface area contributed by atoms with E-state index in [4.69, 9.17) is 9.47 Å². The summed E-state index contributed by atoms with van der Waals surface area (Å²) in [5.74, 6) is -0.0542. The van der Waals surface area contributed by atoms with E-state index < -0.39 is 29.1 Å². The minimum atomic E-state index is -4.64. The number of methoxy groups -OCH3 is 1. The van der Waals surface area contributed by atoms with Gasteiger partial charge in [0.05, 0.1) is 23.3 Å². The molecule has 3 aromatic rings. The lowest BCUT2D eigenvalue weighted by Crippen LogP contribution is -2.20. The van der Waals surface area contributed by atoms with Gasteiger partial charge in [-0.3, -0.25) is 19.6 Å². The molecule has 2 aromatic carbocycles. The van der Waals surface area contributed by atoms with Gasteiger partial charge < -0.3 is 14.8 Å². The third-order valence-corrected chi connectivity index (χ3v) is 3.99. The molecule has 31 heavy (non-hydrogen) atoms. The standard InChI is InChI=1S/C19H15F3N4O5/c1-30-14-3-2-4-15(8-14)31-17-6-5-12(19(20,21)22)7-16(17)24-18(27)11-25-10-13(9-23-25)26(28)29/h2-10H,11H2,1H3,(H,24,27). The zero-order chi connectivity index (χ0) is 22.6. The zero-order valence-electron chi connectivity index (χ0n) is 15.9. The van der Waals surface area contributed by atoms with Crippen molar-refractivity contribution in [2.45, 2.75) is 12.7 Å². The molecule has 0 aliphatic rings. The summed E-state index contributed by atoms with van der Waals surface area (Å²) in [6.07, 6.45) is -2.66. The van der Waals surface area contributed by atoms with Crippen LogP contribution in [0.1, 0.15) is 5.56 Å². The Morgan fingerprint density at radius 3 is 2.61 bits per heavy atom. The summed E-state index contributed by atoms with van der Waals surface area (Å²) in [4.78, 5) is 22.3. The Hall–Kier alpha value is -4.09. The molecule has 9 nitrogen and oxygen atoms in total. The molecule has 0 unspecified atom stereocenters. The summed E-state index contributed by atoms with van der Waals surface area (Å²) in [7, 11) is 1.45. The van der Waals surface area contributed by atoms with Crippen molar-refractivity contribution in [1.82, 2.24) is 9.78 Å². The second-order valence-corrected chi connectivity index (χ2v) is 6.19. The monoisotopic (exact) mass is 436 g/mol. The van der Waals surface area contributed by atoms with E-state index in [0.29, 0.717) is 5.75 Å². The lowest BCUT2D eigenvalue weighted by Gasteiger charge is -2.15. The van der Waals surface area contributed by atoms with Crippen molar-refractivity contribution in [2.24, 2.45) is 0 Å². The van der Waals surface area contributed by atoms with E-state index in [-0.39, 0.29) is 22.9 Å². The van der Waals surface area contributed by atoms with E-state index in [1.807, 2.05) is 0 Å². The van der Waals surface area contributed by atoms with Crippen LogP contribution in [0.25, 0.3) is 0 Å². The molecule has 0 aliphatic heterocycles. The predicted octanol–water partition coefficient (Wildman–Crippen LogP) is 4.25. The van der Waals surface area contributed by atoms with Crippen LogP contribution in [0.5, 0.6) is 17.2 Å². The number of carbonyl (C=O) groups is 1. The fourth-order valence-corrected chi connectivity index (χ4v) is 2.55. The summed E-state index contributed by atoms with van der Waals surface area (Å²) < 4.78 is 51.1. The molecule has 0 spiro atoms. The van der Waals surface area contributed by atoms with Crippen molar-refractivity contribution in [3.8, 4) is 17.2 Å². The highest BCUT2D eigenvalue weighted by Crippen LogP contribution is 2.37. The normalized spacial score (nSPS) is 11.1. The molecule has 1 aromatic heterocycles. The Balaban J connectivity index is 1.85. The smallest absolute Gasteiger partial charge is 0.416 e. The quantitative estimate of drug-likeness (QED) is 0.438. The molecule has 0 saturated heterocycles. The number of hydrogen-bond acceptors (Lipinski definition) is 6. The average molecular weight is 436 g/mol. The molecule has 0 atom stereocenters. The number of carbonyl (C=O) groups excluding carboxylic acids is 1. The van der Waals surface area contributed by atoms with Crippen LogP contribution in [0.4, 0.5) is 24.5 Å². The largest absolute Gasteiger partial charge is 0.497 e. The molecule has 3 rings (SSSR count). The Bertz CT molecular complexity index is 1110. The van der Waals surface area contributed by atoms with Gasteiger partial charge in [0.1, 0.15) is 30.4 Å². The number of benzene rings is 2. The van der Waals surface area contributed by atoms with Crippen LogP contribution in [-0.2, 0) is 17.5 Å². The number of nitro groups is 1. The Labute approximate surface area is 173 Å². The van der Waals surface area contributed by atoms with E-state index in [1.54, 1.807) is 18.2 Å². The molecule has 0 aliphatic carbocycles. The van der Waals surface area contributed by atoms with Crippen molar-refractivity contribution in [2.75, 3.05) is 12.4 Å². The van der Waals surface area contributed by atoms with E-state index in [9.17, 15) is 28.1 Å². The lowest BCUT2D eigenvalue weighted by molar-refractivity contribution is -0.385. The molecule has 0 saturated carbocycles. The third-order valence-electron chi connectivity index (χ3n) is 3.99. The van der Waals surface area contributed by atoms with Crippen molar-refractivity contribution in [3.63, 3.8) is 0 Å². The molecule has 0 fully saturated rings. The number of alkyl halides is 3. The maximum Gasteiger partial charge on any atom is 0.416 e. The minimum absolute atomic E-state index is 0.0407. The minimum Gasteiger partial charge on any atom is -0.497 e. The zero-order valence-corrected chi connectivity index (χ0v) is 15.9. The average Bonchev–Trinajstić information content (AvgIpc) is 3.17. The van der Waals surface area contributed by atoms with Gasteiger partial charge in [0, 0.05) is 6.07 Å². The molecule has 1 heterocycles. The molecule has 0 bridgehead atoms. The van der Waals surface area contributed by atoms with Gasteiger partial charge in [-0.25, -0.2) is 0 Å². The first-order chi connectivity index (χ1) is 14.7. The first-order valence-corrected chi connectivity index (χ1v) is 8.65. The molecular weight excluding hydrogens is 421 g/mol. The molecular formula is C19H15F3N4O5. The van der Waals surface area contributed by atoms with Gasteiger partial charge in [-0.15, -0.1) is 0 Å². The Morgan fingerprint density at radius 1 is 1.23 bits per heavy atom. The van der Waals surface area contributed by atoms with Crippen LogP contribution in [0.2, 0.25) is 0 Å². The first-order valence-electron chi connectivity index (χ1n) is 8.65. The van der Waals surface area contributed by atoms with Gasteiger partial charge in [-0.05, 0) is 30.3 Å². The van der Waals surface area contributed by atoms with Crippen LogP contribution < -0.4 is 14.8 Å². The highest BCUT2D eigenvalue weighted by Gasteiger charge is 2.31. The number of ether oxygens (including phenoxy) is 2. The summed E-state index contributed by atoms with van der Waals surface area (Å²) in [5.41, 5.74) is -1.55. The van der Waals surface area contributed by atoms with Crippen molar-refractivity contribution in [1.29, 1.82) is 0 Å². The number of rotatable bonds is 7. The van der Waals surface area contributed by atoms with Crippen molar-refractivity contribution >= 4 is 17.3 Å². The second-order valence-electron chi connectivity index (χ2n) is 6.19. The van der Waals surface area contributed by atoms with E-state index in [1.165, 1.54) is 13.2 Å². The van der Waals surface area contributed by atoms with Crippen molar-refractivity contribution in [3.05, 3.63) is 70.5 Å². The van der Waals surface area contributed by atoms with E-state index in [0.717, 1.165) is 35.3 Å². The predicted molar refractivity (Wildman–Crippen MR) is 102 cm³/mol. The fourth-order valence-electron chi connectivity index (χ4n) is 2.55. The number of amides is 1.